The lowest BCUT2D eigenvalue weighted by atomic mass is 9.78. The number of rotatable bonds is 5. The summed E-state index contributed by atoms with van der Waals surface area (Å²) in [5.74, 6) is 1.11. The molecule has 0 spiro atoms. The fourth-order valence-electron chi connectivity index (χ4n) is 3.49. The minimum absolute atomic E-state index is 0.165. The van der Waals surface area contributed by atoms with Crippen molar-refractivity contribution in [3.8, 4) is 5.75 Å². The first-order valence-electron chi connectivity index (χ1n) is 8.38. The number of hydrogen-bond donors (Lipinski definition) is 1. The highest BCUT2D eigenvalue weighted by molar-refractivity contribution is 5.41. The molecular formula is C19H30O. The average Bonchev–Trinajstić information content (AvgIpc) is 2.46. The molecular weight excluding hydrogens is 244 g/mol. The molecule has 0 saturated heterocycles. The van der Waals surface area contributed by atoms with Gasteiger partial charge in [-0.05, 0) is 47.8 Å². The van der Waals surface area contributed by atoms with Gasteiger partial charge in [-0.25, -0.2) is 0 Å². The Morgan fingerprint density at radius 2 is 1.85 bits per heavy atom. The number of phenolic OH excluding ortho intramolecular Hbond substituents is 1. The van der Waals surface area contributed by atoms with E-state index < -0.39 is 0 Å². The summed E-state index contributed by atoms with van der Waals surface area (Å²) in [5.41, 5.74) is 2.63. The maximum Gasteiger partial charge on any atom is 0.119 e. The third-order valence-electron chi connectivity index (χ3n) is 5.01. The molecule has 1 fully saturated rings. The van der Waals surface area contributed by atoms with E-state index in [-0.39, 0.29) is 5.41 Å². The van der Waals surface area contributed by atoms with E-state index in [2.05, 4.69) is 32.9 Å². The molecule has 1 saturated carbocycles. The molecule has 20 heavy (non-hydrogen) atoms. The summed E-state index contributed by atoms with van der Waals surface area (Å²) in [6.45, 7) is 6.81. The molecule has 1 nitrogen and oxygen atoms in total. The van der Waals surface area contributed by atoms with Gasteiger partial charge in [-0.3, -0.25) is 0 Å². The fourth-order valence-corrected chi connectivity index (χ4v) is 3.49. The van der Waals surface area contributed by atoms with E-state index >= 15 is 0 Å². The summed E-state index contributed by atoms with van der Waals surface area (Å²) in [7, 11) is 0. The van der Waals surface area contributed by atoms with Crippen LogP contribution in [0.1, 0.15) is 89.2 Å². The van der Waals surface area contributed by atoms with Crippen molar-refractivity contribution in [3.63, 3.8) is 0 Å². The summed E-state index contributed by atoms with van der Waals surface area (Å²) in [6.07, 6.45) is 10.1. The van der Waals surface area contributed by atoms with Crippen LogP contribution in [0.4, 0.5) is 0 Å². The lowest BCUT2D eigenvalue weighted by molar-refractivity contribution is 0.409. The molecule has 0 unspecified atom stereocenters. The van der Waals surface area contributed by atoms with Gasteiger partial charge < -0.3 is 5.11 Å². The van der Waals surface area contributed by atoms with Crippen molar-refractivity contribution in [3.05, 3.63) is 29.3 Å². The summed E-state index contributed by atoms with van der Waals surface area (Å²) in [6, 6.07) is 6.47. The second-order valence-electron chi connectivity index (χ2n) is 7.10. The summed E-state index contributed by atoms with van der Waals surface area (Å²) >= 11 is 0. The molecule has 1 aliphatic carbocycles. The van der Waals surface area contributed by atoms with Crippen LogP contribution in [0.25, 0.3) is 0 Å². The van der Waals surface area contributed by atoms with E-state index in [0.29, 0.717) is 11.7 Å². The van der Waals surface area contributed by atoms with Gasteiger partial charge in [0.2, 0.25) is 0 Å². The standard InChI is InChI=1S/C19H30O/c1-4-5-13-19(2,3)16-11-12-17(18(20)14-16)15-9-7-6-8-10-15/h11-12,14-15,20H,4-10,13H2,1-3H3. The second-order valence-corrected chi connectivity index (χ2v) is 7.10. The molecule has 0 bridgehead atoms. The average molecular weight is 274 g/mol. The zero-order chi connectivity index (χ0) is 14.6. The Bertz CT molecular complexity index is 427. The Kier molecular flexibility index (Phi) is 5.12. The molecule has 0 aliphatic heterocycles. The summed E-state index contributed by atoms with van der Waals surface area (Å²) < 4.78 is 0. The van der Waals surface area contributed by atoms with Gasteiger partial charge in [0.15, 0.2) is 0 Å². The Balaban J connectivity index is 2.16. The normalized spacial score (nSPS) is 17.4. The van der Waals surface area contributed by atoms with Gasteiger partial charge in [-0.15, -0.1) is 0 Å². The predicted molar refractivity (Wildman–Crippen MR) is 86.5 cm³/mol. The number of benzene rings is 1. The number of aromatic hydroxyl groups is 1. The third kappa shape index (κ3) is 3.56. The van der Waals surface area contributed by atoms with Crippen molar-refractivity contribution in [2.24, 2.45) is 0 Å². The SMILES string of the molecule is CCCCC(C)(C)c1ccc(C2CCCCC2)c(O)c1. The van der Waals surface area contributed by atoms with Crippen LogP contribution < -0.4 is 0 Å². The first-order chi connectivity index (χ1) is 9.54. The Morgan fingerprint density at radius 1 is 1.15 bits per heavy atom. The van der Waals surface area contributed by atoms with E-state index in [4.69, 9.17) is 0 Å². The lowest BCUT2D eigenvalue weighted by Gasteiger charge is -2.27. The Morgan fingerprint density at radius 3 is 2.45 bits per heavy atom. The monoisotopic (exact) mass is 274 g/mol. The van der Waals surface area contributed by atoms with Crippen LogP contribution in [-0.2, 0) is 5.41 Å². The summed E-state index contributed by atoms with van der Waals surface area (Å²) in [4.78, 5) is 0. The molecule has 1 aromatic rings. The molecule has 0 aromatic heterocycles. The Hall–Kier alpha value is -0.980. The van der Waals surface area contributed by atoms with Crippen molar-refractivity contribution in [1.29, 1.82) is 0 Å². The quantitative estimate of drug-likeness (QED) is 0.708. The van der Waals surface area contributed by atoms with Gasteiger partial charge in [0, 0.05) is 0 Å². The first-order valence-corrected chi connectivity index (χ1v) is 8.38. The van der Waals surface area contributed by atoms with Crippen LogP contribution in [0.2, 0.25) is 0 Å². The molecule has 0 radical (unpaired) electrons. The molecule has 1 N–H and O–H groups in total. The van der Waals surface area contributed by atoms with Crippen molar-refractivity contribution in [2.45, 2.75) is 83.5 Å². The number of phenols is 1. The molecule has 112 valence electrons. The molecule has 1 heteroatoms. The van der Waals surface area contributed by atoms with Crippen molar-refractivity contribution in [2.75, 3.05) is 0 Å². The molecule has 0 atom stereocenters. The van der Waals surface area contributed by atoms with Crippen molar-refractivity contribution in [1.82, 2.24) is 0 Å². The minimum Gasteiger partial charge on any atom is -0.508 e. The van der Waals surface area contributed by atoms with Crippen molar-refractivity contribution < 1.29 is 5.11 Å². The van der Waals surface area contributed by atoms with Crippen LogP contribution in [0.5, 0.6) is 5.75 Å². The number of hydrogen-bond acceptors (Lipinski definition) is 1. The van der Waals surface area contributed by atoms with Gasteiger partial charge in [0.05, 0.1) is 0 Å². The molecule has 0 amide bonds. The second kappa shape index (κ2) is 6.65. The van der Waals surface area contributed by atoms with Gasteiger partial charge in [-0.1, -0.05) is 65.0 Å². The largest absolute Gasteiger partial charge is 0.508 e. The van der Waals surface area contributed by atoms with Crippen LogP contribution >= 0.6 is 0 Å². The van der Waals surface area contributed by atoms with Gasteiger partial charge in [-0.2, -0.15) is 0 Å². The molecule has 1 aliphatic rings. The zero-order valence-electron chi connectivity index (χ0n) is 13.4. The maximum atomic E-state index is 10.4. The predicted octanol–water partition coefficient (Wildman–Crippen LogP) is 5.91. The van der Waals surface area contributed by atoms with Gasteiger partial charge >= 0.3 is 0 Å². The maximum absolute atomic E-state index is 10.4. The van der Waals surface area contributed by atoms with Crippen molar-refractivity contribution >= 4 is 0 Å². The zero-order valence-corrected chi connectivity index (χ0v) is 13.4. The first kappa shape index (κ1) is 15.4. The van der Waals surface area contributed by atoms with E-state index in [1.807, 2.05) is 6.07 Å². The molecule has 2 rings (SSSR count). The topological polar surface area (TPSA) is 20.2 Å². The van der Waals surface area contributed by atoms with Crippen LogP contribution in [0, 0.1) is 0 Å². The van der Waals surface area contributed by atoms with E-state index in [0.717, 1.165) is 0 Å². The van der Waals surface area contributed by atoms with Gasteiger partial charge in [0.25, 0.3) is 0 Å². The molecule has 1 aromatic carbocycles. The van der Waals surface area contributed by atoms with Gasteiger partial charge in [0.1, 0.15) is 5.75 Å². The minimum atomic E-state index is 0.165. The van der Waals surface area contributed by atoms with E-state index in [1.54, 1.807) is 0 Å². The lowest BCUT2D eigenvalue weighted by Crippen LogP contribution is -2.17. The molecule has 0 heterocycles. The smallest absolute Gasteiger partial charge is 0.119 e. The fraction of sp³-hybridized carbons (Fsp3) is 0.684. The van der Waals surface area contributed by atoms with Crippen LogP contribution in [0.3, 0.4) is 0 Å². The third-order valence-corrected chi connectivity index (χ3v) is 5.01. The summed E-state index contributed by atoms with van der Waals surface area (Å²) in [5, 5.41) is 10.4. The highest BCUT2D eigenvalue weighted by Crippen LogP contribution is 2.39. The highest BCUT2D eigenvalue weighted by atomic mass is 16.3. The highest BCUT2D eigenvalue weighted by Gasteiger charge is 2.23. The number of unbranched alkanes of at least 4 members (excludes halogenated alkanes) is 1. The Labute approximate surface area is 124 Å². The van der Waals surface area contributed by atoms with Crippen LogP contribution in [-0.4, -0.2) is 5.11 Å². The van der Waals surface area contributed by atoms with Crippen LogP contribution in [0.15, 0.2) is 18.2 Å². The van der Waals surface area contributed by atoms with E-state index in [1.165, 1.54) is 62.5 Å². The van der Waals surface area contributed by atoms with E-state index in [9.17, 15) is 5.11 Å².